The van der Waals surface area contributed by atoms with Crippen molar-refractivity contribution in [3.05, 3.63) is 0 Å². The Labute approximate surface area is 245 Å². The summed E-state index contributed by atoms with van der Waals surface area (Å²) in [6.45, 7) is 5.97. The van der Waals surface area contributed by atoms with Crippen LogP contribution >= 0.6 is 0 Å². The third-order valence-electron chi connectivity index (χ3n) is 6.97. The first-order valence-corrected chi connectivity index (χ1v) is 15.2. The maximum Gasteiger partial charge on any atom is 0.224 e. The number of nitrogens with two attached hydrogens (primary N) is 2. The average molecular weight is 583 g/mol. The SMILES string of the molecule is CCCCCCCCCCCC(O)CC(=O)N[C@@H](CC(N)=O)C(=O)C[C@@H](CCC(N)=O)C(=O)N[C@H](C=O)CC(C)C. The number of hydrogen-bond acceptors (Lipinski definition) is 7. The van der Waals surface area contributed by atoms with E-state index in [2.05, 4.69) is 17.6 Å². The lowest BCUT2D eigenvalue weighted by molar-refractivity contribution is -0.134. The molecular formula is C30H54N4O7. The molecule has 41 heavy (non-hydrogen) atoms. The number of rotatable bonds is 26. The van der Waals surface area contributed by atoms with Gasteiger partial charge in [0.05, 0.1) is 31.0 Å². The topological polar surface area (TPSA) is 199 Å². The quantitative estimate of drug-likeness (QED) is 0.0762. The number of primary amides is 2. The fourth-order valence-electron chi connectivity index (χ4n) is 4.69. The third-order valence-corrected chi connectivity index (χ3v) is 6.97. The van der Waals surface area contributed by atoms with Gasteiger partial charge in [0.25, 0.3) is 0 Å². The van der Waals surface area contributed by atoms with E-state index >= 15 is 0 Å². The largest absolute Gasteiger partial charge is 0.393 e. The van der Waals surface area contributed by atoms with Crippen molar-refractivity contribution in [2.75, 3.05) is 0 Å². The van der Waals surface area contributed by atoms with Gasteiger partial charge in [0, 0.05) is 18.8 Å². The number of aliphatic hydroxyl groups excluding tert-OH is 1. The van der Waals surface area contributed by atoms with Crippen molar-refractivity contribution in [3.63, 3.8) is 0 Å². The smallest absolute Gasteiger partial charge is 0.224 e. The van der Waals surface area contributed by atoms with Crippen LogP contribution in [0, 0.1) is 11.8 Å². The Morgan fingerprint density at radius 1 is 0.780 bits per heavy atom. The summed E-state index contributed by atoms with van der Waals surface area (Å²) in [5.74, 6) is -4.19. The van der Waals surface area contributed by atoms with Crippen LogP contribution in [-0.2, 0) is 28.8 Å². The van der Waals surface area contributed by atoms with Crippen LogP contribution in [0.2, 0.25) is 0 Å². The van der Waals surface area contributed by atoms with Crippen molar-refractivity contribution >= 4 is 35.7 Å². The first-order chi connectivity index (χ1) is 19.4. The predicted octanol–water partition coefficient (Wildman–Crippen LogP) is 2.59. The first-order valence-electron chi connectivity index (χ1n) is 15.2. The van der Waals surface area contributed by atoms with E-state index in [9.17, 15) is 33.9 Å². The minimum absolute atomic E-state index is 0.0468. The van der Waals surface area contributed by atoms with Crippen molar-refractivity contribution in [3.8, 4) is 0 Å². The molecule has 236 valence electrons. The summed E-state index contributed by atoms with van der Waals surface area (Å²) < 4.78 is 0. The van der Waals surface area contributed by atoms with Gasteiger partial charge in [0.2, 0.25) is 23.6 Å². The number of Topliss-reactive ketones (excluding diaryl/α,β-unsaturated/α-hetero) is 1. The molecule has 0 aromatic rings. The highest BCUT2D eigenvalue weighted by Crippen LogP contribution is 2.17. The summed E-state index contributed by atoms with van der Waals surface area (Å²) in [6.07, 6.45) is 9.43. The lowest BCUT2D eigenvalue weighted by Crippen LogP contribution is -2.46. The van der Waals surface area contributed by atoms with Gasteiger partial charge in [-0.3, -0.25) is 24.0 Å². The summed E-state index contributed by atoms with van der Waals surface area (Å²) >= 11 is 0. The second-order valence-electron chi connectivity index (χ2n) is 11.5. The number of hydrogen-bond donors (Lipinski definition) is 5. The van der Waals surface area contributed by atoms with Crippen LogP contribution in [0.1, 0.15) is 124 Å². The Balaban J connectivity index is 4.98. The number of amides is 4. The molecule has 4 atom stereocenters. The molecule has 1 unspecified atom stereocenters. The van der Waals surface area contributed by atoms with Crippen LogP contribution in [0.5, 0.6) is 0 Å². The van der Waals surface area contributed by atoms with Gasteiger partial charge in [0.1, 0.15) is 6.29 Å². The van der Waals surface area contributed by atoms with Gasteiger partial charge in [-0.25, -0.2) is 0 Å². The summed E-state index contributed by atoms with van der Waals surface area (Å²) in [4.78, 5) is 73.0. The molecule has 7 N–H and O–H groups in total. The van der Waals surface area contributed by atoms with Crippen LogP contribution in [0.3, 0.4) is 0 Å². The second kappa shape index (κ2) is 22.8. The molecule has 4 amide bonds. The molecule has 0 rings (SSSR count). The molecule has 0 aromatic heterocycles. The fourth-order valence-corrected chi connectivity index (χ4v) is 4.69. The molecule has 0 saturated carbocycles. The number of carbonyl (C=O) groups excluding carboxylic acids is 6. The Bertz CT molecular complexity index is 819. The molecule has 0 aliphatic rings. The highest BCUT2D eigenvalue weighted by molar-refractivity contribution is 5.95. The molecule has 0 radical (unpaired) electrons. The van der Waals surface area contributed by atoms with E-state index in [4.69, 9.17) is 11.5 Å². The average Bonchev–Trinajstić information content (AvgIpc) is 2.88. The van der Waals surface area contributed by atoms with Crippen LogP contribution in [0.15, 0.2) is 0 Å². The molecule has 0 bridgehead atoms. The number of carbonyl (C=O) groups is 6. The minimum atomic E-state index is -1.29. The van der Waals surface area contributed by atoms with Gasteiger partial charge >= 0.3 is 0 Å². The van der Waals surface area contributed by atoms with Crippen LogP contribution < -0.4 is 22.1 Å². The Morgan fingerprint density at radius 2 is 1.37 bits per heavy atom. The van der Waals surface area contributed by atoms with Crippen LogP contribution in [0.25, 0.3) is 0 Å². The van der Waals surface area contributed by atoms with Gasteiger partial charge in [-0.15, -0.1) is 0 Å². The van der Waals surface area contributed by atoms with Crippen molar-refractivity contribution < 1.29 is 33.9 Å². The van der Waals surface area contributed by atoms with E-state index < -0.39 is 66.4 Å². The van der Waals surface area contributed by atoms with Gasteiger partial charge in [-0.05, 0) is 25.2 Å². The molecule has 0 aromatic carbocycles. The molecule has 0 saturated heterocycles. The number of ketones is 1. The Kier molecular flexibility index (Phi) is 21.3. The summed E-state index contributed by atoms with van der Waals surface area (Å²) in [6, 6.07) is -2.05. The van der Waals surface area contributed by atoms with E-state index in [-0.39, 0.29) is 25.2 Å². The standard InChI is InChI=1S/C30H54N4O7/c1-4-5-6-7-8-9-10-11-12-13-24(36)18-29(40)34-25(19-28(32)39)26(37)17-22(14-15-27(31)38)30(41)33-23(20-35)16-21(2)3/h20-25,36H,4-19H2,1-3H3,(H2,31,38)(H2,32,39)(H,33,41)(H,34,40)/t22-,23+,24?,25+/m1/s1. The number of unbranched alkanes of at least 4 members (excludes halogenated alkanes) is 8. The van der Waals surface area contributed by atoms with Gasteiger partial charge in [0.15, 0.2) is 5.78 Å². The predicted molar refractivity (Wildman–Crippen MR) is 157 cm³/mol. The normalized spacial score (nSPS) is 14.1. The Hall–Kier alpha value is -2.82. The highest BCUT2D eigenvalue weighted by atomic mass is 16.3. The monoisotopic (exact) mass is 582 g/mol. The van der Waals surface area contributed by atoms with Crippen molar-refractivity contribution in [1.29, 1.82) is 0 Å². The van der Waals surface area contributed by atoms with E-state index in [1.165, 1.54) is 32.1 Å². The zero-order valence-corrected chi connectivity index (χ0v) is 25.3. The molecule has 0 aliphatic carbocycles. The molecular weight excluding hydrogens is 528 g/mol. The molecule has 0 heterocycles. The van der Waals surface area contributed by atoms with Crippen molar-refractivity contribution in [2.24, 2.45) is 23.3 Å². The van der Waals surface area contributed by atoms with E-state index in [1.807, 2.05) is 13.8 Å². The first kappa shape index (κ1) is 38.2. The van der Waals surface area contributed by atoms with E-state index in [0.29, 0.717) is 19.1 Å². The molecule has 11 nitrogen and oxygen atoms in total. The van der Waals surface area contributed by atoms with Gasteiger partial charge < -0.3 is 32.0 Å². The highest BCUT2D eigenvalue weighted by Gasteiger charge is 2.30. The summed E-state index contributed by atoms with van der Waals surface area (Å²) in [7, 11) is 0. The maximum absolute atomic E-state index is 13.1. The lowest BCUT2D eigenvalue weighted by Gasteiger charge is -2.23. The van der Waals surface area contributed by atoms with Gasteiger partial charge in [-0.2, -0.15) is 0 Å². The minimum Gasteiger partial charge on any atom is -0.393 e. The zero-order chi connectivity index (χ0) is 31.2. The van der Waals surface area contributed by atoms with Crippen molar-refractivity contribution in [2.45, 2.75) is 142 Å². The molecule has 0 fully saturated rings. The summed E-state index contributed by atoms with van der Waals surface area (Å²) in [5, 5.41) is 15.4. The number of nitrogens with one attached hydrogen (secondary N) is 2. The van der Waals surface area contributed by atoms with Crippen molar-refractivity contribution in [1.82, 2.24) is 10.6 Å². The fraction of sp³-hybridized carbons (Fsp3) is 0.800. The second-order valence-corrected chi connectivity index (χ2v) is 11.5. The van der Waals surface area contributed by atoms with Crippen LogP contribution in [-0.4, -0.2) is 59.0 Å². The summed E-state index contributed by atoms with van der Waals surface area (Å²) in [5.41, 5.74) is 10.5. The molecule has 0 spiro atoms. The van der Waals surface area contributed by atoms with E-state index in [1.54, 1.807) is 0 Å². The lowest BCUT2D eigenvalue weighted by atomic mass is 9.91. The van der Waals surface area contributed by atoms with E-state index in [0.717, 1.165) is 25.7 Å². The van der Waals surface area contributed by atoms with Crippen LogP contribution in [0.4, 0.5) is 0 Å². The number of aldehydes is 1. The Morgan fingerprint density at radius 3 is 1.88 bits per heavy atom. The number of aliphatic hydroxyl groups is 1. The molecule has 0 aliphatic heterocycles. The molecule has 11 heteroatoms. The maximum atomic E-state index is 13.1. The van der Waals surface area contributed by atoms with Gasteiger partial charge in [-0.1, -0.05) is 78.6 Å². The zero-order valence-electron chi connectivity index (χ0n) is 25.3. The third kappa shape index (κ3) is 20.7.